The summed E-state index contributed by atoms with van der Waals surface area (Å²) in [7, 11) is 1.47. The van der Waals surface area contributed by atoms with Gasteiger partial charge in [-0.25, -0.2) is 4.79 Å². The van der Waals surface area contributed by atoms with E-state index in [0.717, 1.165) is 5.56 Å². The molecule has 0 saturated carbocycles. The van der Waals surface area contributed by atoms with E-state index in [2.05, 4.69) is 5.32 Å². The van der Waals surface area contributed by atoms with Crippen molar-refractivity contribution < 1.29 is 23.5 Å². The minimum Gasteiger partial charge on any atom is -0.495 e. The van der Waals surface area contributed by atoms with Crippen LogP contribution in [0.15, 0.2) is 28.7 Å². The maximum absolute atomic E-state index is 12.2. The minimum atomic E-state index is -1.01. The lowest BCUT2D eigenvalue weighted by Crippen LogP contribution is -2.30. The minimum absolute atomic E-state index is 0.0482. The van der Waals surface area contributed by atoms with Crippen molar-refractivity contribution in [1.82, 2.24) is 0 Å². The molecule has 0 fully saturated rings. The number of aryl methyl sites for hydroxylation is 2. The number of hydrogen-bond donors (Lipinski definition) is 1. The molecule has 1 aromatic heterocycles. The maximum atomic E-state index is 12.2. The zero-order chi connectivity index (χ0) is 17.9. The maximum Gasteiger partial charge on any atom is 0.375 e. The lowest BCUT2D eigenvalue weighted by molar-refractivity contribution is -0.123. The van der Waals surface area contributed by atoms with Crippen molar-refractivity contribution in [1.29, 1.82) is 0 Å². The Morgan fingerprint density at radius 3 is 2.54 bits per heavy atom. The van der Waals surface area contributed by atoms with Crippen LogP contribution >= 0.6 is 11.6 Å². The van der Waals surface area contributed by atoms with Gasteiger partial charge in [-0.15, -0.1) is 0 Å². The van der Waals surface area contributed by atoms with Crippen LogP contribution in [0, 0.1) is 13.8 Å². The average molecular weight is 352 g/mol. The molecule has 0 aliphatic heterocycles. The molecule has 0 saturated heterocycles. The number of amides is 1. The Morgan fingerprint density at radius 1 is 1.25 bits per heavy atom. The first-order valence-corrected chi connectivity index (χ1v) is 7.62. The van der Waals surface area contributed by atoms with Crippen LogP contribution in [0.3, 0.4) is 0 Å². The molecule has 0 radical (unpaired) electrons. The van der Waals surface area contributed by atoms with E-state index < -0.39 is 18.0 Å². The van der Waals surface area contributed by atoms with Gasteiger partial charge in [-0.05, 0) is 44.5 Å². The highest BCUT2D eigenvalue weighted by molar-refractivity contribution is 6.31. The standard InChI is InChI=1S/C17H18ClNO5/c1-9-7-13(15(22-4)8-12(9)18)19-16(20)11(3)24-17(21)14-6-5-10(2)23-14/h5-8,11H,1-4H3,(H,19,20)/t11-/m0/s1. The van der Waals surface area contributed by atoms with E-state index in [9.17, 15) is 9.59 Å². The van der Waals surface area contributed by atoms with Crippen molar-refractivity contribution in [2.75, 3.05) is 12.4 Å². The van der Waals surface area contributed by atoms with Crippen LogP contribution in [0.25, 0.3) is 0 Å². The Morgan fingerprint density at radius 2 is 1.96 bits per heavy atom. The molecule has 0 aliphatic rings. The van der Waals surface area contributed by atoms with Crippen LogP contribution in [-0.2, 0) is 9.53 Å². The molecule has 128 valence electrons. The van der Waals surface area contributed by atoms with E-state index in [1.54, 1.807) is 32.0 Å². The van der Waals surface area contributed by atoms with E-state index in [-0.39, 0.29) is 5.76 Å². The van der Waals surface area contributed by atoms with Gasteiger partial charge in [0.25, 0.3) is 5.91 Å². The SMILES string of the molecule is COc1cc(Cl)c(C)cc1NC(=O)[C@H](C)OC(=O)c1ccc(C)o1. The average Bonchev–Trinajstić information content (AvgIpc) is 2.97. The van der Waals surface area contributed by atoms with Crippen molar-refractivity contribution in [3.63, 3.8) is 0 Å². The zero-order valence-corrected chi connectivity index (χ0v) is 14.6. The number of benzene rings is 1. The van der Waals surface area contributed by atoms with Gasteiger partial charge in [-0.2, -0.15) is 0 Å². The summed E-state index contributed by atoms with van der Waals surface area (Å²) < 4.78 is 15.5. The van der Waals surface area contributed by atoms with Crippen LogP contribution in [0.2, 0.25) is 5.02 Å². The molecule has 1 atom stereocenters. The number of anilines is 1. The second-order valence-electron chi connectivity index (χ2n) is 5.25. The molecule has 1 N–H and O–H groups in total. The summed E-state index contributed by atoms with van der Waals surface area (Å²) in [6.07, 6.45) is -1.01. The normalized spacial score (nSPS) is 11.7. The highest BCUT2D eigenvalue weighted by atomic mass is 35.5. The van der Waals surface area contributed by atoms with Crippen LogP contribution in [-0.4, -0.2) is 25.1 Å². The second-order valence-corrected chi connectivity index (χ2v) is 5.66. The van der Waals surface area contributed by atoms with Crippen LogP contribution in [0.1, 0.15) is 28.8 Å². The Labute approximate surface area is 144 Å². The molecule has 6 nitrogen and oxygen atoms in total. The van der Waals surface area contributed by atoms with Gasteiger partial charge in [0.1, 0.15) is 11.5 Å². The van der Waals surface area contributed by atoms with Crippen LogP contribution in [0.4, 0.5) is 5.69 Å². The van der Waals surface area contributed by atoms with E-state index in [4.69, 9.17) is 25.5 Å². The zero-order valence-electron chi connectivity index (χ0n) is 13.8. The van der Waals surface area contributed by atoms with Gasteiger partial charge < -0.3 is 19.2 Å². The molecule has 0 spiro atoms. The summed E-state index contributed by atoms with van der Waals surface area (Å²) in [5.41, 5.74) is 1.23. The third-order valence-electron chi connectivity index (χ3n) is 3.33. The number of halogens is 1. The van der Waals surface area contributed by atoms with Gasteiger partial charge in [-0.3, -0.25) is 4.79 Å². The van der Waals surface area contributed by atoms with Crippen molar-refractivity contribution >= 4 is 29.2 Å². The van der Waals surface area contributed by atoms with Crippen LogP contribution < -0.4 is 10.1 Å². The third kappa shape index (κ3) is 4.08. The number of esters is 1. The molecule has 2 aromatic rings. The first kappa shape index (κ1) is 17.9. The van der Waals surface area contributed by atoms with Gasteiger partial charge in [0.05, 0.1) is 12.8 Å². The predicted molar refractivity (Wildman–Crippen MR) is 89.7 cm³/mol. The summed E-state index contributed by atoms with van der Waals surface area (Å²) >= 11 is 6.03. The van der Waals surface area contributed by atoms with E-state index in [0.29, 0.717) is 22.2 Å². The quantitative estimate of drug-likeness (QED) is 0.830. The van der Waals surface area contributed by atoms with Gasteiger partial charge in [0, 0.05) is 11.1 Å². The number of furan rings is 1. The number of carbonyl (C=O) groups excluding carboxylic acids is 2. The summed E-state index contributed by atoms with van der Waals surface area (Å²) in [5.74, 6) is -0.150. The molecular weight excluding hydrogens is 334 g/mol. The Bertz CT molecular complexity index is 768. The molecule has 0 bridgehead atoms. The predicted octanol–water partition coefficient (Wildman–Crippen LogP) is 3.74. The monoisotopic (exact) mass is 351 g/mol. The molecule has 0 aliphatic carbocycles. The van der Waals surface area contributed by atoms with Crippen molar-refractivity contribution in [2.24, 2.45) is 0 Å². The van der Waals surface area contributed by atoms with Gasteiger partial charge in [0.2, 0.25) is 5.76 Å². The van der Waals surface area contributed by atoms with Gasteiger partial charge in [0.15, 0.2) is 6.10 Å². The number of methoxy groups -OCH3 is 1. The number of carbonyl (C=O) groups is 2. The Hall–Kier alpha value is -2.47. The van der Waals surface area contributed by atoms with Crippen molar-refractivity contribution in [3.8, 4) is 5.75 Å². The fourth-order valence-electron chi connectivity index (χ4n) is 1.98. The fourth-order valence-corrected chi connectivity index (χ4v) is 2.13. The first-order chi connectivity index (χ1) is 11.3. The lowest BCUT2D eigenvalue weighted by atomic mass is 10.2. The lowest BCUT2D eigenvalue weighted by Gasteiger charge is -2.15. The molecular formula is C17H18ClNO5. The number of hydrogen-bond acceptors (Lipinski definition) is 5. The number of nitrogens with one attached hydrogen (secondary N) is 1. The number of ether oxygens (including phenoxy) is 2. The topological polar surface area (TPSA) is 77.8 Å². The smallest absolute Gasteiger partial charge is 0.375 e. The summed E-state index contributed by atoms with van der Waals surface area (Å²) in [6, 6.07) is 6.43. The summed E-state index contributed by atoms with van der Waals surface area (Å²) in [5, 5.41) is 3.19. The highest BCUT2D eigenvalue weighted by Gasteiger charge is 2.22. The molecule has 1 heterocycles. The van der Waals surface area contributed by atoms with Crippen molar-refractivity contribution in [3.05, 3.63) is 46.4 Å². The molecule has 24 heavy (non-hydrogen) atoms. The number of rotatable bonds is 5. The van der Waals surface area contributed by atoms with E-state index in [1.165, 1.54) is 20.1 Å². The highest BCUT2D eigenvalue weighted by Crippen LogP contribution is 2.31. The largest absolute Gasteiger partial charge is 0.495 e. The van der Waals surface area contributed by atoms with Gasteiger partial charge in [-0.1, -0.05) is 11.6 Å². The van der Waals surface area contributed by atoms with E-state index in [1.807, 2.05) is 0 Å². The summed E-state index contributed by atoms with van der Waals surface area (Å²) in [6.45, 7) is 4.99. The molecule has 1 aromatic carbocycles. The fraction of sp³-hybridized carbons (Fsp3) is 0.294. The third-order valence-corrected chi connectivity index (χ3v) is 3.74. The molecule has 1 amide bonds. The first-order valence-electron chi connectivity index (χ1n) is 7.24. The molecule has 0 unspecified atom stereocenters. The van der Waals surface area contributed by atoms with Crippen molar-refractivity contribution in [2.45, 2.75) is 26.9 Å². The second kappa shape index (κ2) is 7.40. The Kier molecular flexibility index (Phi) is 5.51. The van der Waals surface area contributed by atoms with Crippen LogP contribution in [0.5, 0.6) is 5.75 Å². The summed E-state index contributed by atoms with van der Waals surface area (Å²) in [4.78, 5) is 24.2. The Balaban J connectivity index is 2.06. The molecule has 7 heteroatoms. The van der Waals surface area contributed by atoms with Gasteiger partial charge >= 0.3 is 5.97 Å². The van der Waals surface area contributed by atoms with E-state index >= 15 is 0 Å². The molecule has 2 rings (SSSR count).